The van der Waals surface area contributed by atoms with Gasteiger partial charge in [0.25, 0.3) is 0 Å². The number of aromatic nitrogens is 3. The van der Waals surface area contributed by atoms with Crippen LogP contribution in [0, 0.1) is 13.8 Å². The summed E-state index contributed by atoms with van der Waals surface area (Å²) in [5.41, 5.74) is 8.60. The maximum Gasteiger partial charge on any atom is 0.103 e. The van der Waals surface area contributed by atoms with Crippen LogP contribution in [-0.2, 0) is 6.54 Å². The van der Waals surface area contributed by atoms with Gasteiger partial charge in [-0.1, -0.05) is 60.6 Å². The fourth-order valence-electron chi connectivity index (χ4n) is 3.85. The van der Waals surface area contributed by atoms with Crippen LogP contribution in [-0.4, -0.2) is 21.8 Å². The molecule has 0 aliphatic heterocycles. The normalized spacial score (nSPS) is 10.8. The highest BCUT2D eigenvalue weighted by Gasteiger charge is 2.19. The molecule has 0 fully saturated rings. The summed E-state index contributed by atoms with van der Waals surface area (Å²) in [7, 11) is 1.83. The number of hydrogen-bond acceptors (Lipinski definition) is 4. The molecule has 0 amide bonds. The molecule has 0 aliphatic rings. The predicted molar refractivity (Wildman–Crippen MR) is 148 cm³/mol. The Morgan fingerprint density at radius 3 is 2.46 bits per heavy atom. The van der Waals surface area contributed by atoms with Gasteiger partial charge < -0.3 is 10.6 Å². The summed E-state index contributed by atoms with van der Waals surface area (Å²) in [6.07, 6.45) is 3.84. The first-order valence-electron chi connectivity index (χ1n) is 11.1. The summed E-state index contributed by atoms with van der Waals surface area (Å²) < 4.78 is 1.88. The second-order valence-corrected chi connectivity index (χ2v) is 9.20. The fraction of sp³-hybridized carbons (Fsp3) is 0.143. The molecule has 2 heterocycles. The van der Waals surface area contributed by atoms with Crippen molar-refractivity contribution in [2.75, 3.05) is 12.4 Å². The number of aryl methyl sites for hydroxylation is 2. The van der Waals surface area contributed by atoms with Gasteiger partial charge in [-0.3, -0.25) is 9.67 Å². The summed E-state index contributed by atoms with van der Waals surface area (Å²) in [6.45, 7) is 13.0. The van der Waals surface area contributed by atoms with Crippen LogP contribution in [0.4, 0.5) is 5.69 Å². The van der Waals surface area contributed by atoms with Gasteiger partial charge in [-0.2, -0.15) is 5.10 Å². The molecule has 7 heteroatoms. The van der Waals surface area contributed by atoms with Crippen LogP contribution in [0.1, 0.15) is 27.9 Å². The summed E-state index contributed by atoms with van der Waals surface area (Å²) in [4.78, 5) is 4.40. The first-order chi connectivity index (χ1) is 16.8. The quantitative estimate of drug-likeness (QED) is 0.267. The van der Waals surface area contributed by atoms with Crippen molar-refractivity contribution in [3.8, 4) is 11.3 Å². The standard InChI is InChI=1S/C28H27Cl2N5/c1-17-12-22(29)13-24(19(3)31-5)27(17)33-20(4)25-16-35(15-21-11-10-18(2)32-14-21)34-28(25)23-8-6-7-9-26(23)30/h6-14,16,31,33H,3-4,15H2,1-2,5H3. The van der Waals surface area contributed by atoms with E-state index >= 15 is 0 Å². The number of hydrogen-bond donors (Lipinski definition) is 2. The zero-order valence-corrected chi connectivity index (χ0v) is 21.5. The molecular weight excluding hydrogens is 477 g/mol. The van der Waals surface area contributed by atoms with Gasteiger partial charge in [-0.25, -0.2) is 0 Å². The van der Waals surface area contributed by atoms with E-state index in [1.54, 1.807) is 0 Å². The lowest BCUT2D eigenvalue weighted by atomic mass is 10.0. The topological polar surface area (TPSA) is 54.8 Å². The number of halogens is 2. The first-order valence-corrected chi connectivity index (χ1v) is 11.9. The van der Waals surface area contributed by atoms with E-state index in [-0.39, 0.29) is 0 Å². The molecule has 0 atom stereocenters. The van der Waals surface area contributed by atoms with Gasteiger partial charge in [0.2, 0.25) is 0 Å². The third-order valence-corrected chi connectivity index (χ3v) is 6.28. The molecule has 2 N–H and O–H groups in total. The molecule has 178 valence electrons. The van der Waals surface area contributed by atoms with E-state index in [1.807, 2.05) is 80.4 Å². The number of pyridine rings is 1. The van der Waals surface area contributed by atoms with Crippen molar-refractivity contribution in [3.05, 3.63) is 112 Å². The van der Waals surface area contributed by atoms with E-state index in [9.17, 15) is 0 Å². The van der Waals surface area contributed by atoms with Crippen molar-refractivity contribution < 1.29 is 0 Å². The molecule has 4 aromatic rings. The molecule has 2 aromatic heterocycles. The number of nitrogens with one attached hydrogen (secondary N) is 2. The van der Waals surface area contributed by atoms with Crippen LogP contribution in [0.15, 0.2) is 74.1 Å². The van der Waals surface area contributed by atoms with Crippen molar-refractivity contribution in [1.82, 2.24) is 20.1 Å². The zero-order chi connectivity index (χ0) is 25.1. The number of rotatable bonds is 8. The monoisotopic (exact) mass is 503 g/mol. The highest BCUT2D eigenvalue weighted by atomic mass is 35.5. The van der Waals surface area contributed by atoms with Gasteiger partial charge in [0.15, 0.2) is 0 Å². The molecule has 5 nitrogen and oxygen atoms in total. The molecule has 0 unspecified atom stereocenters. The summed E-state index contributed by atoms with van der Waals surface area (Å²) in [5, 5.41) is 12.7. The van der Waals surface area contributed by atoms with Crippen LogP contribution in [0.3, 0.4) is 0 Å². The Bertz CT molecular complexity index is 1400. The molecule has 0 aliphatic carbocycles. The van der Waals surface area contributed by atoms with Gasteiger partial charge in [0.05, 0.1) is 17.3 Å². The summed E-state index contributed by atoms with van der Waals surface area (Å²) in [6, 6.07) is 15.5. The molecule has 0 bridgehead atoms. The lowest BCUT2D eigenvalue weighted by Gasteiger charge is -2.18. The minimum absolute atomic E-state index is 0.569. The zero-order valence-electron chi connectivity index (χ0n) is 20.0. The molecule has 0 saturated heterocycles. The van der Waals surface area contributed by atoms with E-state index in [0.717, 1.165) is 50.6 Å². The Morgan fingerprint density at radius 2 is 1.77 bits per heavy atom. The number of anilines is 1. The SMILES string of the molecule is C=C(Nc1c(C)cc(Cl)cc1C(=C)NC)c1cn(Cc2ccc(C)nc2)nc1-c1ccccc1Cl. The number of nitrogens with zero attached hydrogens (tertiary/aromatic N) is 3. The third kappa shape index (κ3) is 5.42. The molecular formula is C28H27Cl2N5. The van der Waals surface area contributed by atoms with E-state index < -0.39 is 0 Å². The van der Waals surface area contributed by atoms with Crippen LogP contribution in [0.2, 0.25) is 10.0 Å². The average molecular weight is 504 g/mol. The minimum atomic E-state index is 0.569. The van der Waals surface area contributed by atoms with E-state index in [2.05, 4.69) is 34.8 Å². The van der Waals surface area contributed by atoms with Gasteiger partial charge >= 0.3 is 0 Å². The van der Waals surface area contributed by atoms with E-state index in [4.69, 9.17) is 28.3 Å². The molecule has 4 rings (SSSR count). The van der Waals surface area contributed by atoms with E-state index in [1.165, 1.54) is 0 Å². The Hall–Kier alpha value is -3.54. The van der Waals surface area contributed by atoms with Crippen molar-refractivity contribution >= 4 is 40.3 Å². The van der Waals surface area contributed by atoms with Crippen LogP contribution >= 0.6 is 23.2 Å². The fourth-order valence-corrected chi connectivity index (χ4v) is 4.35. The highest BCUT2D eigenvalue weighted by molar-refractivity contribution is 6.33. The Labute approximate surface area is 216 Å². The van der Waals surface area contributed by atoms with Gasteiger partial charge in [0, 0.05) is 58.2 Å². The highest BCUT2D eigenvalue weighted by Crippen LogP contribution is 2.35. The minimum Gasteiger partial charge on any atom is -0.388 e. The van der Waals surface area contributed by atoms with Gasteiger partial charge in [-0.15, -0.1) is 0 Å². The molecule has 0 saturated carbocycles. The van der Waals surface area contributed by atoms with E-state index in [0.29, 0.717) is 22.3 Å². The second kappa shape index (κ2) is 10.4. The van der Waals surface area contributed by atoms with Crippen LogP contribution < -0.4 is 10.6 Å². The van der Waals surface area contributed by atoms with Crippen LogP contribution in [0.5, 0.6) is 0 Å². The third-order valence-electron chi connectivity index (χ3n) is 5.74. The smallest absolute Gasteiger partial charge is 0.103 e. The Balaban J connectivity index is 1.76. The van der Waals surface area contributed by atoms with Gasteiger partial charge in [-0.05, 0) is 49.2 Å². The van der Waals surface area contributed by atoms with Crippen molar-refractivity contribution in [2.24, 2.45) is 0 Å². The number of benzene rings is 2. The summed E-state index contributed by atoms with van der Waals surface area (Å²) in [5.74, 6) is 0. The second-order valence-electron chi connectivity index (χ2n) is 8.35. The Morgan fingerprint density at radius 1 is 1.00 bits per heavy atom. The lowest BCUT2D eigenvalue weighted by Crippen LogP contribution is -2.09. The van der Waals surface area contributed by atoms with Crippen molar-refractivity contribution in [3.63, 3.8) is 0 Å². The average Bonchev–Trinajstić information content (AvgIpc) is 3.25. The van der Waals surface area contributed by atoms with Crippen molar-refractivity contribution in [2.45, 2.75) is 20.4 Å². The van der Waals surface area contributed by atoms with Gasteiger partial charge in [0.1, 0.15) is 5.69 Å². The largest absolute Gasteiger partial charge is 0.388 e. The molecule has 0 spiro atoms. The maximum atomic E-state index is 6.57. The maximum absolute atomic E-state index is 6.57. The summed E-state index contributed by atoms with van der Waals surface area (Å²) >= 11 is 12.9. The molecule has 0 radical (unpaired) electrons. The Kier molecular flexibility index (Phi) is 7.29. The first kappa shape index (κ1) is 24.6. The lowest BCUT2D eigenvalue weighted by molar-refractivity contribution is 0.686. The predicted octanol–water partition coefficient (Wildman–Crippen LogP) is 7.19. The molecule has 35 heavy (non-hydrogen) atoms. The molecule has 2 aromatic carbocycles. The van der Waals surface area contributed by atoms with Crippen molar-refractivity contribution in [1.29, 1.82) is 0 Å². The van der Waals surface area contributed by atoms with Crippen LogP contribution in [0.25, 0.3) is 22.7 Å².